The van der Waals surface area contributed by atoms with Gasteiger partial charge in [-0.05, 0) is 12.5 Å². The summed E-state index contributed by atoms with van der Waals surface area (Å²) in [5.41, 5.74) is 1.20. The summed E-state index contributed by atoms with van der Waals surface area (Å²) >= 11 is 1.23. The second-order valence-electron chi connectivity index (χ2n) is 7.67. The van der Waals surface area contributed by atoms with E-state index in [9.17, 15) is 4.79 Å². The summed E-state index contributed by atoms with van der Waals surface area (Å²) in [6.07, 6.45) is 1.50. The number of anilines is 3. The van der Waals surface area contributed by atoms with Crippen LogP contribution in [0.25, 0.3) is 0 Å². The topological polar surface area (TPSA) is 92.7 Å². The Kier molecular flexibility index (Phi) is 7.82. The first-order chi connectivity index (χ1) is 16.1. The van der Waals surface area contributed by atoms with Crippen LogP contribution in [-0.2, 0) is 16.1 Å². The molecule has 1 aliphatic rings. The highest BCUT2D eigenvalue weighted by atomic mass is 32.1. The number of aromatic nitrogens is 3. The molecular formula is C23H28N6O3S. The van der Waals surface area contributed by atoms with E-state index in [1.54, 1.807) is 0 Å². The molecule has 9 nitrogen and oxygen atoms in total. The van der Waals surface area contributed by atoms with E-state index in [2.05, 4.69) is 42.2 Å². The lowest BCUT2D eigenvalue weighted by Crippen LogP contribution is -2.47. The number of methoxy groups -OCH3 is 1. The van der Waals surface area contributed by atoms with Crippen molar-refractivity contribution in [3.8, 4) is 0 Å². The van der Waals surface area contributed by atoms with Gasteiger partial charge in [0.15, 0.2) is 5.13 Å². The van der Waals surface area contributed by atoms with Gasteiger partial charge in [0, 0.05) is 38.8 Å². The molecule has 10 heteroatoms. The second-order valence-corrected chi connectivity index (χ2v) is 8.70. The molecule has 1 aliphatic heterocycles. The molecule has 174 valence electrons. The Labute approximate surface area is 197 Å². The van der Waals surface area contributed by atoms with Crippen molar-refractivity contribution in [3.63, 3.8) is 0 Å². The summed E-state index contributed by atoms with van der Waals surface area (Å²) in [4.78, 5) is 30.1. The molecule has 0 radical (unpaired) electrons. The zero-order valence-corrected chi connectivity index (χ0v) is 19.7. The lowest BCUT2D eigenvalue weighted by atomic mass is 10.2. The third-order valence-corrected chi connectivity index (χ3v) is 6.20. The number of thiazole rings is 1. The molecule has 1 N–H and O–H groups in total. The van der Waals surface area contributed by atoms with Crippen molar-refractivity contribution in [2.24, 2.45) is 0 Å². The average molecular weight is 469 g/mol. The van der Waals surface area contributed by atoms with Gasteiger partial charge >= 0.3 is 5.97 Å². The minimum Gasteiger partial charge on any atom is -0.465 e. The van der Waals surface area contributed by atoms with Crippen molar-refractivity contribution in [1.82, 2.24) is 19.9 Å². The van der Waals surface area contributed by atoms with Crippen LogP contribution in [0.5, 0.6) is 0 Å². The summed E-state index contributed by atoms with van der Waals surface area (Å²) < 4.78 is 10.6. The van der Waals surface area contributed by atoms with E-state index in [1.807, 2.05) is 31.2 Å². The monoisotopic (exact) mass is 468 g/mol. The predicted molar refractivity (Wildman–Crippen MR) is 128 cm³/mol. The van der Waals surface area contributed by atoms with Gasteiger partial charge in [-0.15, -0.1) is 0 Å². The molecule has 0 aliphatic carbocycles. The normalized spacial score (nSPS) is 14.3. The van der Waals surface area contributed by atoms with Crippen LogP contribution in [-0.4, -0.2) is 72.3 Å². The fraction of sp³-hybridized carbons (Fsp3) is 0.391. The van der Waals surface area contributed by atoms with Gasteiger partial charge in [-0.1, -0.05) is 41.7 Å². The third kappa shape index (κ3) is 6.47. The first-order valence-corrected chi connectivity index (χ1v) is 11.7. The Balaban J connectivity index is 1.27. The minimum absolute atomic E-state index is 0.400. The highest BCUT2D eigenvalue weighted by Gasteiger charge is 2.19. The average Bonchev–Trinajstić information content (AvgIpc) is 3.30. The molecule has 3 heterocycles. The van der Waals surface area contributed by atoms with E-state index in [1.165, 1.54) is 30.2 Å². The Hall–Kier alpha value is -3.08. The standard InChI is InChI=1S/C23H28N6O3S/c1-17-25-20(27-23-24-15-19(33-23)22(30)31-2)14-21(26-17)29-10-8-28(9-11-29)12-13-32-16-18-6-4-3-5-7-18/h3-7,14-15H,8-13,16H2,1-2H3,(H,24,25,26,27). The number of nitrogens with zero attached hydrogens (tertiary/aromatic N) is 5. The molecule has 4 rings (SSSR count). The Bertz CT molecular complexity index is 1050. The summed E-state index contributed by atoms with van der Waals surface area (Å²) in [6.45, 7) is 7.84. The highest BCUT2D eigenvalue weighted by Crippen LogP contribution is 2.24. The van der Waals surface area contributed by atoms with Crippen molar-refractivity contribution in [2.75, 3.05) is 56.7 Å². The van der Waals surface area contributed by atoms with Crippen LogP contribution in [0.2, 0.25) is 0 Å². The van der Waals surface area contributed by atoms with Gasteiger partial charge in [-0.25, -0.2) is 19.7 Å². The summed E-state index contributed by atoms with van der Waals surface area (Å²) in [5, 5.41) is 3.76. The van der Waals surface area contributed by atoms with E-state index >= 15 is 0 Å². The van der Waals surface area contributed by atoms with E-state index in [0.717, 1.165) is 45.1 Å². The number of carbonyl (C=O) groups excluding carboxylic acids is 1. The zero-order chi connectivity index (χ0) is 23.0. The maximum Gasteiger partial charge on any atom is 0.349 e. The van der Waals surface area contributed by atoms with Crippen LogP contribution >= 0.6 is 11.3 Å². The lowest BCUT2D eigenvalue weighted by Gasteiger charge is -2.35. The molecule has 33 heavy (non-hydrogen) atoms. The molecule has 1 fully saturated rings. The van der Waals surface area contributed by atoms with Gasteiger partial charge in [0.2, 0.25) is 0 Å². The quantitative estimate of drug-likeness (QED) is 0.376. The molecule has 0 atom stereocenters. The Morgan fingerprint density at radius 2 is 1.94 bits per heavy atom. The van der Waals surface area contributed by atoms with E-state index in [4.69, 9.17) is 9.47 Å². The Morgan fingerprint density at radius 3 is 2.70 bits per heavy atom. The number of esters is 1. The minimum atomic E-state index is -0.400. The van der Waals surface area contributed by atoms with Crippen LogP contribution in [0.3, 0.4) is 0 Å². The van der Waals surface area contributed by atoms with Crippen molar-refractivity contribution in [3.05, 3.63) is 58.9 Å². The van der Waals surface area contributed by atoms with Crippen LogP contribution in [0, 0.1) is 6.92 Å². The summed E-state index contributed by atoms with van der Waals surface area (Å²) in [5.74, 6) is 1.81. The maximum absolute atomic E-state index is 11.6. The zero-order valence-electron chi connectivity index (χ0n) is 18.9. The summed E-state index contributed by atoms with van der Waals surface area (Å²) in [7, 11) is 1.35. The molecule has 2 aromatic heterocycles. The molecule has 0 saturated carbocycles. The van der Waals surface area contributed by atoms with Gasteiger partial charge in [-0.2, -0.15) is 0 Å². The van der Waals surface area contributed by atoms with E-state index < -0.39 is 5.97 Å². The van der Waals surface area contributed by atoms with E-state index in [0.29, 0.717) is 28.3 Å². The fourth-order valence-electron chi connectivity index (χ4n) is 3.57. The SMILES string of the molecule is COC(=O)c1cnc(Nc2cc(N3CCN(CCOCc4ccccc4)CC3)nc(C)n2)s1. The van der Waals surface area contributed by atoms with Gasteiger partial charge in [0.1, 0.15) is 22.3 Å². The highest BCUT2D eigenvalue weighted by molar-refractivity contribution is 7.17. The second kappa shape index (κ2) is 11.2. The number of carbonyl (C=O) groups is 1. The third-order valence-electron chi connectivity index (χ3n) is 5.31. The number of hydrogen-bond donors (Lipinski definition) is 1. The van der Waals surface area contributed by atoms with Crippen LogP contribution in [0.4, 0.5) is 16.8 Å². The maximum atomic E-state index is 11.6. The molecule has 0 bridgehead atoms. The first kappa shape index (κ1) is 23.1. The Morgan fingerprint density at radius 1 is 1.15 bits per heavy atom. The molecule has 0 spiro atoms. The number of hydrogen-bond acceptors (Lipinski definition) is 10. The molecule has 3 aromatic rings. The molecule has 0 unspecified atom stereocenters. The van der Waals surface area contributed by atoms with Crippen molar-refractivity contribution in [2.45, 2.75) is 13.5 Å². The smallest absolute Gasteiger partial charge is 0.349 e. The van der Waals surface area contributed by atoms with Gasteiger partial charge in [0.05, 0.1) is 26.5 Å². The fourth-order valence-corrected chi connectivity index (χ4v) is 4.31. The summed E-state index contributed by atoms with van der Waals surface area (Å²) in [6, 6.07) is 12.2. The van der Waals surface area contributed by atoms with Gasteiger partial charge in [0.25, 0.3) is 0 Å². The number of rotatable bonds is 9. The molecule has 1 saturated heterocycles. The van der Waals surface area contributed by atoms with Crippen LogP contribution in [0.1, 0.15) is 21.1 Å². The van der Waals surface area contributed by atoms with Gasteiger partial charge < -0.3 is 19.7 Å². The van der Waals surface area contributed by atoms with Gasteiger partial charge in [-0.3, -0.25) is 4.90 Å². The largest absolute Gasteiger partial charge is 0.465 e. The number of benzene rings is 1. The predicted octanol–water partition coefficient (Wildman–Crippen LogP) is 3.11. The van der Waals surface area contributed by atoms with E-state index in [-0.39, 0.29) is 0 Å². The lowest BCUT2D eigenvalue weighted by molar-refractivity contribution is 0.0606. The number of piperazine rings is 1. The molecule has 1 aromatic carbocycles. The van der Waals surface area contributed by atoms with Crippen LogP contribution in [0.15, 0.2) is 42.6 Å². The number of nitrogens with one attached hydrogen (secondary N) is 1. The van der Waals surface area contributed by atoms with Crippen LogP contribution < -0.4 is 10.2 Å². The van der Waals surface area contributed by atoms with Crippen molar-refractivity contribution < 1.29 is 14.3 Å². The molecular weight excluding hydrogens is 440 g/mol. The molecule has 0 amide bonds. The van der Waals surface area contributed by atoms with Crippen molar-refractivity contribution >= 4 is 34.1 Å². The number of aryl methyl sites for hydroxylation is 1. The first-order valence-electron chi connectivity index (χ1n) is 10.9. The van der Waals surface area contributed by atoms with Crippen molar-refractivity contribution in [1.29, 1.82) is 0 Å². The number of ether oxygens (including phenoxy) is 2.